The summed E-state index contributed by atoms with van der Waals surface area (Å²) in [6.07, 6.45) is 0. The molecule has 10 rings (SSSR count). The van der Waals surface area contributed by atoms with Crippen LogP contribution in [0.3, 0.4) is 0 Å². The van der Waals surface area contributed by atoms with Crippen LogP contribution in [0.5, 0.6) is 0 Å². The third-order valence-electron chi connectivity index (χ3n) is 10.6. The predicted molar refractivity (Wildman–Crippen MR) is 206 cm³/mol. The highest BCUT2D eigenvalue weighted by Crippen LogP contribution is 2.52. The lowest BCUT2D eigenvalue weighted by molar-refractivity contribution is 0.660. The van der Waals surface area contributed by atoms with Crippen molar-refractivity contribution >= 4 is 60.5 Å². The van der Waals surface area contributed by atoms with Crippen LogP contribution in [0.25, 0.3) is 65.7 Å². The largest absolute Gasteiger partial charge is 0.454 e. The molecule has 0 bridgehead atoms. The van der Waals surface area contributed by atoms with Gasteiger partial charge in [-0.25, -0.2) is 0 Å². The molecule has 0 aliphatic heterocycles. The van der Waals surface area contributed by atoms with Gasteiger partial charge in [0.25, 0.3) is 0 Å². The molecule has 8 aromatic carbocycles. The fourth-order valence-electron chi connectivity index (χ4n) is 8.17. The smallest absolute Gasteiger partial charge is 0.160 e. The number of anilines is 3. The Morgan fingerprint density at radius 1 is 0.469 bits per heavy atom. The zero-order valence-electron chi connectivity index (χ0n) is 27.4. The maximum Gasteiger partial charge on any atom is 0.160 e. The quantitative estimate of drug-likeness (QED) is 0.193. The molecule has 49 heavy (non-hydrogen) atoms. The molecule has 2 heteroatoms. The Labute approximate surface area is 285 Å². The first kappa shape index (κ1) is 27.9. The zero-order chi connectivity index (χ0) is 32.7. The average molecular weight is 628 g/mol. The molecule has 1 aromatic heterocycles. The van der Waals surface area contributed by atoms with Crippen molar-refractivity contribution in [2.45, 2.75) is 19.3 Å². The third-order valence-corrected chi connectivity index (χ3v) is 10.6. The van der Waals surface area contributed by atoms with Crippen molar-refractivity contribution in [3.05, 3.63) is 175 Å². The summed E-state index contributed by atoms with van der Waals surface area (Å²) in [5.41, 5.74) is 12.6. The summed E-state index contributed by atoms with van der Waals surface area (Å²) in [5, 5.41) is 7.15. The first-order chi connectivity index (χ1) is 24.0. The number of benzene rings is 8. The maximum atomic E-state index is 6.79. The van der Waals surface area contributed by atoms with E-state index in [1.54, 1.807) is 0 Å². The summed E-state index contributed by atoms with van der Waals surface area (Å²) < 4.78 is 6.79. The van der Waals surface area contributed by atoms with Gasteiger partial charge < -0.3 is 9.32 Å². The van der Waals surface area contributed by atoms with E-state index in [4.69, 9.17) is 4.42 Å². The molecular formula is C47H33NO. The van der Waals surface area contributed by atoms with Crippen LogP contribution in [0.2, 0.25) is 0 Å². The molecule has 0 atom stereocenters. The normalized spacial score (nSPS) is 13.3. The first-order valence-electron chi connectivity index (χ1n) is 17.0. The second kappa shape index (κ2) is 10.4. The lowest BCUT2D eigenvalue weighted by Crippen LogP contribution is -2.15. The highest BCUT2D eigenvalue weighted by atomic mass is 16.3. The Kier molecular flexibility index (Phi) is 5.95. The molecule has 2 nitrogen and oxygen atoms in total. The number of furan rings is 1. The molecule has 1 heterocycles. The van der Waals surface area contributed by atoms with Gasteiger partial charge in [-0.15, -0.1) is 0 Å². The molecule has 232 valence electrons. The van der Waals surface area contributed by atoms with Gasteiger partial charge in [-0.3, -0.25) is 0 Å². The fraction of sp³-hybridized carbons (Fsp3) is 0.0638. The number of nitrogens with zero attached hydrogens (tertiary/aromatic N) is 1. The van der Waals surface area contributed by atoms with E-state index in [-0.39, 0.29) is 5.41 Å². The van der Waals surface area contributed by atoms with Gasteiger partial charge in [-0.05, 0) is 97.4 Å². The second-order valence-electron chi connectivity index (χ2n) is 13.8. The topological polar surface area (TPSA) is 16.4 Å². The van der Waals surface area contributed by atoms with Gasteiger partial charge in [-0.1, -0.05) is 135 Å². The summed E-state index contributed by atoms with van der Waals surface area (Å²) in [6.45, 7) is 4.67. The van der Waals surface area contributed by atoms with Crippen LogP contribution in [-0.2, 0) is 5.41 Å². The molecule has 0 N–H and O–H groups in total. The molecule has 1 aliphatic carbocycles. The van der Waals surface area contributed by atoms with Gasteiger partial charge in [0.2, 0.25) is 0 Å². The first-order valence-corrected chi connectivity index (χ1v) is 17.0. The van der Waals surface area contributed by atoms with Crippen LogP contribution < -0.4 is 4.90 Å². The molecule has 0 amide bonds. The molecule has 0 saturated heterocycles. The van der Waals surface area contributed by atoms with Crippen LogP contribution in [0, 0.1) is 0 Å². The Morgan fingerprint density at radius 3 is 1.98 bits per heavy atom. The van der Waals surface area contributed by atoms with Crippen LogP contribution >= 0.6 is 0 Å². The predicted octanol–water partition coefficient (Wildman–Crippen LogP) is 13.3. The number of rotatable bonds is 4. The van der Waals surface area contributed by atoms with E-state index in [2.05, 4.69) is 183 Å². The second-order valence-corrected chi connectivity index (χ2v) is 13.8. The lowest BCUT2D eigenvalue weighted by Gasteiger charge is -2.28. The van der Waals surface area contributed by atoms with E-state index in [0.29, 0.717) is 0 Å². The minimum atomic E-state index is -0.0637. The summed E-state index contributed by atoms with van der Waals surface area (Å²) >= 11 is 0. The number of para-hydroxylation sites is 1. The maximum absolute atomic E-state index is 6.79. The lowest BCUT2D eigenvalue weighted by atomic mass is 9.82. The molecule has 0 unspecified atom stereocenters. The van der Waals surface area contributed by atoms with Crippen molar-refractivity contribution in [1.82, 2.24) is 0 Å². The van der Waals surface area contributed by atoms with Crippen molar-refractivity contribution in [1.29, 1.82) is 0 Å². The van der Waals surface area contributed by atoms with Crippen molar-refractivity contribution < 1.29 is 4.42 Å². The van der Waals surface area contributed by atoms with Crippen molar-refractivity contribution in [3.8, 4) is 22.3 Å². The molecule has 0 spiro atoms. The molecule has 9 aromatic rings. The van der Waals surface area contributed by atoms with Gasteiger partial charge in [0.15, 0.2) is 5.58 Å². The Bertz CT molecular complexity index is 2750. The van der Waals surface area contributed by atoms with Crippen LogP contribution in [0.4, 0.5) is 17.1 Å². The minimum Gasteiger partial charge on any atom is -0.454 e. The van der Waals surface area contributed by atoms with E-state index < -0.39 is 0 Å². The highest BCUT2D eigenvalue weighted by molar-refractivity contribution is 6.23. The van der Waals surface area contributed by atoms with E-state index in [1.165, 1.54) is 54.9 Å². The van der Waals surface area contributed by atoms with E-state index in [0.717, 1.165) is 39.0 Å². The molecule has 0 radical (unpaired) electrons. The van der Waals surface area contributed by atoms with Gasteiger partial charge in [0.1, 0.15) is 5.58 Å². The Morgan fingerprint density at radius 2 is 1.12 bits per heavy atom. The number of hydrogen-bond donors (Lipinski definition) is 0. The Hall–Kier alpha value is -6.12. The molecule has 0 fully saturated rings. The summed E-state index contributed by atoms with van der Waals surface area (Å²) in [4.78, 5) is 2.38. The standard InChI is InChI=1S/C47H33NO/c1-47(2)41-17-9-7-15-38(41)40-29-36(25-26-42(40)47)48(35-23-21-31(22-24-35)33-20-19-30-11-3-4-12-32(30)27-33)43-28-34-13-5-6-14-37(34)45-39-16-8-10-18-44(39)49-46(43)45/h3-29H,1-2H3. The number of hydrogen-bond acceptors (Lipinski definition) is 2. The Balaban J connectivity index is 1.22. The van der Waals surface area contributed by atoms with Gasteiger partial charge >= 0.3 is 0 Å². The van der Waals surface area contributed by atoms with E-state index >= 15 is 0 Å². The summed E-state index contributed by atoms with van der Waals surface area (Å²) in [7, 11) is 0. The van der Waals surface area contributed by atoms with Crippen LogP contribution in [0.15, 0.2) is 168 Å². The molecule has 1 aliphatic rings. The SMILES string of the molecule is CC1(C)c2ccccc2-c2cc(N(c3ccc(-c4ccc5ccccc5c4)cc3)c3cc4ccccc4c4c3oc3ccccc34)ccc21. The van der Waals surface area contributed by atoms with Crippen LogP contribution in [0.1, 0.15) is 25.0 Å². The van der Waals surface area contributed by atoms with Crippen LogP contribution in [-0.4, -0.2) is 0 Å². The van der Waals surface area contributed by atoms with Gasteiger partial charge in [0, 0.05) is 27.6 Å². The monoisotopic (exact) mass is 627 g/mol. The molecule has 0 saturated carbocycles. The third kappa shape index (κ3) is 4.20. The minimum absolute atomic E-state index is 0.0637. The van der Waals surface area contributed by atoms with Crippen molar-refractivity contribution in [2.24, 2.45) is 0 Å². The van der Waals surface area contributed by atoms with Gasteiger partial charge in [-0.2, -0.15) is 0 Å². The van der Waals surface area contributed by atoms with Crippen molar-refractivity contribution in [3.63, 3.8) is 0 Å². The summed E-state index contributed by atoms with van der Waals surface area (Å²) in [5.74, 6) is 0. The number of fused-ring (bicyclic) bond motifs is 9. The average Bonchev–Trinajstić information content (AvgIpc) is 3.65. The highest BCUT2D eigenvalue weighted by Gasteiger charge is 2.35. The van der Waals surface area contributed by atoms with Gasteiger partial charge in [0.05, 0.1) is 5.69 Å². The van der Waals surface area contributed by atoms with E-state index in [9.17, 15) is 0 Å². The summed E-state index contributed by atoms with van der Waals surface area (Å²) in [6, 6.07) is 59.4. The van der Waals surface area contributed by atoms with Crippen molar-refractivity contribution in [2.75, 3.05) is 4.90 Å². The fourth-order valence-corrected chi connectivity index (χ4v) is 8.17. The zero-order valence-corrected chi connectivity index (χ0v) is 27.4. The van der Waals surface area contributed by atoms with E-state index in [1.807, 2.05) is 0 Å². The molecular weight excluding hydrogens is 595 g/mol.